The van der Waals surface area contributed by atoms with E-state index in [2.05, 4.69) is 21.9 Å². The van der Waals surface area contributed by atoms with Crippen LogP contribution in [0.1, 0.15) is 13.3 Å². The molecule has 0 fully saturated rings. The van der Waals surface area contributed by atoms with Gasteiger partial charge in [-0.1, -0.05) is 30.0 Å². The zero-order valence-electron chi connectivity index (χ0n) is 7.73. The molecule has 0 aliphatic heterocycles. The molecule has 4 nitrogen and oxygen atoms in total. The molecule has 6 heteroatoms. The minimum atomic E-state index is 0.313. The Bertz CT molecular complexity index is 440. The monoisotopic (exact) mass is 226 g/mol. The third-order valence-corrected chi connectivity index (χ3v) is 3.89. The van der Waals surface area contributed by atoms with Crippen molar-refractivity contribution < 1.29 is 0 Å². The second-order valence-electron chi connectivity index (χ2n) is 2.75. The predicted octanol–water partition coefficient (Wildman–Crippen LogP) is 2.17. The van der Waals surface area contributed by atoms with Gasteiger partial charge in [0, 0.05) is 5.75 Å². The van der Waals surface area contributed by atoms with Crippen LogP contribution in [0.15, 0.2) is 10.5 Å². The summed E-state index contributed by atoms with van der Waals surface area (Å²) in [6.45, 7) is 2.15. The van der Waals surface area contributed by atoms with Crippen LogP contribution in [0.2, 0.25) is 0 Å². The zero-order chi connectivity index (χ0) is 9.97. The van der Waals surface area contributed by atoms with E-state index in [1.54, 1.807) is 29.3 Å². The highest BCUT2D eigenvalue weighted by atomic mass is 32.2. The number of thioether (sulfide) groups is 1. The van der Waals surface area contributed by atoms with Crippen LogP contribution in [0.4, 0.5) is 5.95 Å². The number of aromatic nitrogens is 3. The molecule has 0 aliphatic rings. The largest absolute Gasteiger partial charge is 0.368 e. The van der Waals surface area contributed by atoms with Gasteiger partial charge in [0.05, 0.1) is 6.20 Å². The van der Waals surface area contributed by atoms with Gasteiger partial charge in [0.2, 0.25) is 5.95 Å². The van der Waals surface area contributed by atoms with E-state index < -0.39 is 0 Å². The van der Waals surface area contributed by atoms with Crippen molar-refractivity contribution in [2.75, 3.05) is 11.5 Å². The molecule has 14 heavy (non-hydrogen) atoms. The van der Waals surface area contributed by atoms with Crippen LogP contribution in [0.25, 0.3) is 10.3 Å². The van der Waals surface area contributed by atoms with E-state index >= 15 is 0 Å². The number of hydrogen-bond acceptors (Lipinski definition) is 6. The smallest absolute Gasteiger partial charge is 0.221 e. The summed E-state index contributed by atoms with van der Waals surface area (Å²) in [5, 5.41) is 0. The molecular formula is C8H10N4S2. The first-order valence-electron chi connectivity index (χ1n) is 4.31. The first kappa shape index (κ1) is 9.67. The van der Waals surface area contributed by atoms with Crippen molar-refractivity contribution >= 4 is 39.4 Å². The highest BCUT2D eigenvalue weighted by molar-refractivity contribution is 8.01. The van der Waals surface area contributed by atoms with Gasteiger partial charge in [0.25, 0.3) is 0 Å². The van der Waals surface area contributed by atoms with Gasteiger partial charge in [-0.3, -0.25) is 0 Å². The number of nitrogens with two attached hydrogens (primary N) is 1. The van der Waals surface area contributed by atoms with E-state index in [0.717, 1.165) is 26.9 Å². The molecule has 2 aromatic rings. The van der Waals surface area contributed by atoms with Crippen molar-refractivity contribution in [1.82, 2.24) is 15.0 Å². The number of hydrogen-bond donors (Lipinski definition) is 1. The lowest BCUT2D eigenvalue weighted by Gasteiger charge is -1.89. The van der Waals surface area contributed by atoms with Gasteiger partial charge in [-0.15, -0.1) is 0 Å². The van der Waals surface area contributed by atoms with Gasteiger partial charge < -0.3 is 5.73 Å². The van der Waals surface area contributed by atoms with Crippen LogP contribution >= 0.6 is 23.1 Å². The molecule has 2 N–H and O–H groups in total. The maximum atomic E-state index is 5.48. The van der Waals surface area contributed by atoms with Crippen molar-refractivity contribution in [2.24, 2.45) is 0 Å². The Morgan fingerprint density at radius 1 is 1.50 bits per heavy atom. The van der Waals surface area contributed by atoms with E-state index in [-0.39, 0.29) is 0 Å². The molecule has 0 radical (unpaired) electrons. The van der Waals surface area contributed by atoms with Crippen LogP contribution in [-0.2, 0) is 0 Å². The van der Waals surface area contributed by atoms with Gasteiger partial charge in [-0.05, 0) is 6.42 Å². The Balaban J connectivity index is 2.32. The molecule has 0 unspecified atom stereocenters. The summed E-state index contributed by atoms with van der Waals surface area (Å²) in [5.74, 6) is 1.40. The fraction of sp³-hybridized carbons (Fsp3) is 0.375. The quantitative estimate of drug-likeness (QED) is 0.812. The van der Waals surface area contributed by atoms with E-state index in [4.69, 9.17) is 5.73 Å². The highest BCUT2D eigenvalue weighted by Crippen LogP contribution is 2.28. The van der Waals surface area contributed by atoms with Gasteiger partial charge in [0.1, 0.15) is 10.3 Å². The molecule has 2 aromatic heterocycles. The minimum absolute atomic E-state index is 0.313. The normalized spacial score (nSPS) is 10.9. The molecule has 0 spiro atoms. The second kappa shape index (κ2) is 4.10. The van der Waals surface area contributed by atoms with Gasteiger partial charge in [0.15, 0.2) is 4.34 Å². The molecule has 0 bridgehead atoms. The summed E-state index contributed by atoms with van der Waals surface area (Å²) < 4.78 is 1.04. The maximum absolute atomic E-state index is 5.48. The third kappa shape index (κ3) is 1.96. The Hall–Kier alpha value is -0.880. The van der Waals surface area contributed by atoms with Crippen LogP contribution in [-0.4, -0.2) is 20.7 Å². The number of thiazole rings is 1. The van der Waals surface area contributed by atoms with E-state index in [9.17, 15) is 0 Å². The molecule has 2 rings (SSSR count). The number of nitrogen functional groups attached to an aromatic ring is 1. The Morgan fingerprint density at radius 2 is 2.36 bits per heavy atom. The standard InChI is InChI=1S/C8H10N4S2/c1-2-3-13-8-11-5-4-10-7(9)12-6(5)14-8/h4H,2-3H2,1H3,(H2,9,10,12). The molecule has 2 heterocycles. The van der Waals surface area contributed by atoms with Crippen LogP contribution in [0.5, 0.6) is 0 Å². The lowest BCUT2D eigenvalue weighted by molar-refractivity contribution is 1.10. The van der Waals surface area contributed by atoms with Crippen molar-refractivity contribution in [1.29, 1.82) is 0 Å². The minimum Gasteiger partial charge on any atom is -0.368 e. The fourth-order valence-electron chi connectivity index (χ4n) is 0.979. The summed E-state index contributed by atoms with van der Waals surface area (Å²) in [6.07, 6.45) is 2.82. The van der Waals surface area contributed by atoms with Gasteiger partial charge >= 0.3 is 0 Å². The molecule has 0 aromatic carbocycles. The second-order valence-corrected chi connectivity index (χ2v) is 5.07. The van der Waals surface area contributed by atoms with Crippen molar-refractivity contribution in [3.8, 4) is 0 Å². The molecule has 74 valence electrons. The van der Waals surface area contributed by atoms with Crippen molar-refractivity contribution in [3.63, 3.8) is 0 Å². The topological polar surface area (TPSA) is 64.7 Å². The number of anilines is 1. The number of rotatable bonds is 3. The van der Waals surface area contributed by atoms with Gasteiger partial charge in [-0.2, -0.15) is 0 Å². The zero-order valence-corrected chi connectivity index (χ0v) is 9.36. The summed E-state index contributed by atoms with van der Waals surface area (Å²) in [4.78, 5) is 13.3. The number of fused-ring (bicyclic) bond motifs is 1. The molecular weight excluding hydrogens is 216 g/mol. The summed E-state index contributed by atoms with van der Waals surface area (Å²) in [6, 6.07) is 0. The SMILES string of the molecule is CCCSc1nc2cnc(N)nc2s1. The van der Waals surface area contributed by atoms with Gasteiger partial charge in [-0.25, -0.2) is 15.0 Å². The van der Waals surface area contributed by atoms with Crippen molar-refractivity contribution in [3.05, 3.63) is 6.20 Å². The fourth-order valence-corrected chi connectivity index (χ4v) is 2.90. The van der Waals surface area contributed by atoms with E-state index in [0.29, 0.717) is 5.95 Å². The predicted molar refractivity (Wildman–Crippen MR) is 60.6 cm³/mol. The lowest BCUT2D eigenvalue weighted by atomic mass is 10.6. The summed E-state index contributed by atoms with van der Waals surface area (Å²) in [7, 11) is 0. The van der Waals surface area contributed by atoms with Crippen LogP contribution in [0.3, 0.4) is 0 Å². The van der Waals surface area contributed by atoms with E-state index in [1.165, 1.54) is 0 Å². The molecule has 0 saturated carbocycles. The maximum Gasteiger partial charge on any atom is 0.221 e. The Labute approximate surface area is 90.0 Å². The van der Waals surface area contributed by atoms with Crippen LogP contribution < -0.4 is 5.73 Å². The first-order chi connectivity index (χ1) is 6.79. The summed E-state index contributed by atoms with van der Waals surface area (Å²) >= 11 is 3.32. The molecule has 0 aliphatic carbocycles. The summed E-state index contributed by atoms with van der Waals surface area (Å²) in [5.41, 5.74) is 6.32. The van der Waals surface area contributed by atoms with E-state index in [1.807, 2.05) is 0 Å². The molecule has 0 atom stereocenters. The first-order valence-corrected chi connectivity index (χ1v) is 6.11. The third-order valence-electron chi connectivity index (χ3n) is 1.58. The molecule has 0 saturated heterocycles. The highest BCUT2D eigenvalue weighted by Gasteiger charge is 2.05. The number of nitrogens with zero attached hydrogens (tertiary/aromatic N) is 3. The molecule has 0 amide bonds. The van der Waals surface area contributed by atoms with Crippen molar-refractivity contribution in [2.45, 2.75) is 17.7 Å². The lowest BCUT2D eigenvalue weighted by Crippen LogP contribution is -1.92. The average molecular weight is 226 g/mol. The average Bonchev–Trinajstić information content (AvgIpc) is 2.56. The van der Waals surface area contributed by atoms with Crippen LogP contribution in [0, 0.1) is 0 Å². The Kier molecular flexibility index (Phi) is 2.83. The Morgan fingerprint density at radius 3 is 3.14 bits per heavy atom.